The van der Waals surface area contributed by atoms with Crippen molar-refractivity contribution in [3.05, 3.63) is 22.7 Å². The van der Waals surface area contributed by atoms with Crippen LogP contribution in [0.1, 0.15) is 25.5 Å². The second kappa shape index (κ2) is 8.35. The molecule has 0 aliphatic carbocycles. The molecule has 2 unspecified atom stereocenters. The summed E-state index contributed by atoms with van der Waals surface area (Å²) in [6.45, 7) is 0.506. The highest BCUT2D eigenvalue weighted by atomic mass is 32.7. The van der Waals surface area contributed by atoms with Crippen molar-refractivity contribution >= 4 is 25.2 Å². The van der Waals surface area contributed by atoms with Crippen LogP contribution in [0.3, 0.4) is 0 Å². The average Bonchev–Trinajstić information content (AvgIpc) is 2.91. The number of aromatic nitrogens is 2. The van der Waals surface area contributed by atoms with E-state index in [2.05, 4.69) is 11.1 Å². The molecule has 0 spiro atoms. The van der Waals surface area contributed by atoms with E-state index in [9.17, 15) is 4.79 Å². The van der Waals surface area contributed by atoms with Gasteiger partial charge in [0.2, 0.25) is 0 Å². The topological polar surface area (TPSA) is 103 Å². The molecule has 2 N–H and O–H groups in total. The van der Waals surface area contributed by atoms with E-state index in [1.165, 1.54) is 4.57 Å². The number of nitriles is 1. The molecule has 1 aromatic rings. The van der Waals surface area contributed by atoms with Gasteiger partial charge in [0.15, 0.2) is 0 Å². The summed E-state index contributed by atoms with van der Waals surface area (Å²) in [5.74, 6) is 1.00. The Morgan fingerprint density at radius 1 is 1.67 bits per heavy atom. The Hall–Kier alpha value is -1.13. The van der Waals surface area contributed by atoms with Gasteiger partial charge in [0.25, 0.3) is 0 Å². The second-order valence-corrected chi connectivity index (χ2v) is 7.00. The first-order chi connectivity index (χ1) is 10.2. The number of rotatable bonds is 7. The van der Waals surface area contributed by atoms with E-state index < -0.39 is 5.69 Å². The molecule has 7 nitrogen and oxygen atoms in total. The van der Waals surface area contributed by atoms with E-state index in [1.54, 1.807) is 23.6 Å². The maximum Gasteiger partial charge on any atom is 0.351 e. The van der Waals surface area contributed by atoms with Gasteiger partial charge in [-0.15, -0.1) is 11.4 Å². The first-order valence-corrected chi connectivity index (χ1v) is 9.18. The Morgan fingerprint density at radius 3 is 3.29 bits per heavy atom. The maximum atomic E-state index is 11.7. The molecule has 1 saturated heterocycles. The van der Waals surface area contributed by atoms with E-state index in [0.29, 0.717) is 21.0 Å². The lowest BCUT2D eigenvalue weighted by Gasteiger charge is -2.15. The molecule has 0 radical (unpaired) electrons. The van der Waals surface area contributed by atoms with E-state index in [-0.39, 0.29) is 18.1 Å². The number of nitrogens with zero attached hydrogens (tertiary/aromatic N) is 3. The van der Waals surface area contributed by atoms with Gasteiger partial charge in [0, 0.05) is 18.4 Å². The van der Waals surface area contributed by atoms with Crippen molar-refractivity contribution in [2.45, 2.75) is 31.6 Å². The zero-order chi connectivity index (χ0) is 15.1. The second-order valence-electron chi connectivity index (χ2n) is 4.48. The van der Waals surface area contributed by atoms with Crippen LogP contribution >= 0.6 is 19.4 Å². The quantitative estimate of drug-likeness (QED) is 0.600. The van der Waals surface area contributed by atoms with Crippen LogP contribution in [0, 0.1) is 11.3 Å². The summed E-state index contributed by atoms with van der Waals surface area (Å²) >= 11 is 1.61. The third-order valence-corrected chi connectivity index (χ3v) is 5.08. The molecule has 0 aromatic carbocycles. The average molecular weight is 328 g/mol. The van der Waals surface area contributed by atoms with Crippen LogP contribution < -0.4 is 11.4 Å². The molecule has 1 fully saturated rings. The van der Waals surface area contributed by atoms with Crippen molar-refractivity contribution in [1.82, 2.24) is 9.55 Å². The SMILES string of the molecule is N#CCCSPOC[C@@H]1CCC(n2ccc(N)nc2=O)O1. The summed E-state index contributed by atoms with van der Waals surface area (Å²) in [7, 11) is 0.311. The molecule has 2 rings (SSSR count). The van der Waals surface area contributed by atoms with Gasteiger partial charge < -0.3 is 15.0 Å². The number of nitrogen functional groups attached to an aromatic ring is 1. The van der Waals surface area contributed by atoms with Crippen LogP contribution in [0.25, 0.3) is 0 Å². The van der Waals surface area contributed by atoms with Crippen molar-refractivity contribution in [2.24, 2.45) is 0 Å². The number of ether oxygens (including phenoxy) is 1. The van der Waals surface area contributed by atoms with Crippen molar-refractivity contribution in [2.75, 3.05) is 18.1 Å². The third kappa shape index (κ3) is 4.97. The van der Waals surface area contributed by atoms with Gasteiger partial charge in [-0.25, -0.2) is 4.79 Å². The standard InChI is InChI=1S/C12H17N4O3PS/c13-5-1-7-21-20-18-8-9-2-3-11(19-9)16-6-4-10(14)15-12(16)17/h4,6,9,11,20H,1-3,7-8H2,(H2,14,15,17)/t9-,11?/m0/s1. The minimum atomic E-state index is -0.393. The fourth-order valence-corrected chi connectivity index (χ4v) is 3.59. The monoisotopic (exact) mass is 328 g/mol. The molecule has 2 heterocycles. The molecule has 1 aliphatic rings. The van der Waals surface area contributed by atoms with Crippen molar-refractivity contribution in [3.63, 3.8) is 0 Å². The number of hydrogen-bond acceptors (Lipinski definition) is 7. The zero-order valence-electron chi connectivity index (χ0n) is 11.4. The van der Waals surface area contributed by atoms with Gasteiger partial charge in [0.05, 0.1) is 26.8 Å². The van der Waals surface area contributed by atoms with Crippen LogP contribution in [-0.2, 0) is 9.26 Å². The minimum absolute atomic E-state index is 0.0106. The summed E-state index contributed by atoms with van der Waals surface area (Å²) < 4.78 is 12.8. The van der Waals surface area contributed by atoms with Crippen LogP contribution in [0.15, 0.2) is 17.1 Å². The number of anilines is 1. The molecular formula is C12H17N4O3PS. The van der Waals surface area contributed by atoms with E-state index in [0.717, 1.165) is 18.6 Å². The summed E-state index contributed by atoms with van der Waals surface area (Å²) in [5, 5.41) is 8.41. The molecule has 9 heteroatoms. The summed E-state index contributed by atoms with van der Waals surface area (Å²) in [4.78, 5) is 15.4. The van der Waals surface area contributed by atoms with Gasteiger partial charge in [0.1, 0.15) is 12.0 Å². The van der Waals surface area contributed by atoms with Crippen LogP contribution in [-0.4, -0.2) is 28.0 Å². The van der Waals surface area contributed by atoms with Gasteiger partial charge in [-0.1, -0.05) is 0 Å². The Labute approximate surface area is 128 Å². The van der Waals surface area contributed by atoms with Gasteiger partial charge in [-0.05, 0) is 18.9 Å². The Balaban J connectivity index is 1.73. The molecule has 21 heavy (non-hydrogen) atoms. The Kier molecular flexibility index (Phi) is 6.46. The van der Waals surface area contributed by atoms with Gasteiger partial charge in [-0.3, -0.25) is 4.57 Å². The molecule has 0 bridgehead atoms. The lowest BCUT2D eigenvalue weighted by molar-refractivity contribution is -0.0173. The van der Waals surface area contributed by atoms with Crippen molar-refractivity contribution in [1.29, 1.82) is 5.26 Å². The largest absolute Gasteiger partial charge is 0.383 e. The summed E-state index contributed by atoms with van der Waals surface area (Å²) in [5.41, 5.74) is 5.07. The number of hydrogen-bond donors (Lipinski definition) is 1. The van der Waals surface area contributed by atoms with Crippen LogP contribution in [0.2, 0.25) is 0 Å². The highest BCUT2D eigenvalue weighted by Gasteiger charge is 2.27. The van der Waals surface area contributed by atoms with Crippen LogP contribution in [0.4, 0.5) is 5.82 Å². The smallest absolute Gasteiger partial charge is 0.351 e. The lowest BCUT2D eigenvalue weighted by atomic mass is 10.2. The zero-order valence-corrected chi connectivity index (χ0v) is 13.2. The van der Waals surface area contributed by atoms with E-state index in [4.69, 9.17) is 20.3 Å². The third-order valence-electron chi connectivity index (χ3n) is 2.95. The predicted molar refractivity (Wildman–Crippen MR) is 83.0 cm³/mol. The molecule has 0 saturated carbocycles. The predicted octanol–water partition coefficient (Wildman–Crippen LogP) is 1.68. The normalized spacial score (nSPS) is 21.9. The first-order valence-electron chi connectivity index (χ1n) is 6.56. The molecule has 0 amide bonds. The van der Waals surface area contributed by atoms with Gasteiger partial charge in [-0.2, -0.15) is 10.2 Å². The van der Waals surface area contributed by atoms with E-state index in [1.807, 2.05) is 0 Å². The highest BCUT2D eigenvalue weighted by Crippen LogP contribution is 2.33. The maximum absolute atomic E-state index is 11.7. The van der Waals surface area contributed by atoms with Crippen molar-refractivity contribution in [3.8, 4) is 6.07 Å². The summed E-state index contributed by atoms with van der Waals surface area (Å²) in [6, 6.07) is 3.67. The molecule has 3 atom stereocenters. The van der Waals surface area contributed by atoms with Crippen LogP contribution in [0.5, 0.6) is 0 Å². The first kappa shape index (κ1) is 16.2. The minimum Gasteiger partial charge on any atom is -0.383 e. The van der Waals surface area contributed by atoms with E-state index >= 15 is 0 Å². The lowest BCUT2D eigenvalue weighted by Crippen LogP contribution is -2.27. The molecule has 1 aromatic heterocycles. The van der Waals surface area contributed by atoms with Gasteiger partial charge >= 0.3 is 5.69 Å². The Bertz CT molecular complexity index is 562. The fraction of sp³-hybridized carbons (Fsp3) is 0.583. The fourth-order valence-electron chi connectivity index (χ4n) is 1.97. The molecule has 1 aliphatic heterocycles. The van der Waals surface area contributed by atoms with Crippen molar-refractivity contribution < 1.29 is 9.26 Å². The Morgan fingerprint density at radius 2 is 2.52 bits per heavy atom. The molecular weight excluding hydrogens is 311 g/mol. The number of nitrogens with two attached hydrogens (primary N) is 1. The molecule has 114 valence electrons. The summed E-state index contributed by atoms with van der Waals surface area (Å²) in [6.07, 6.45) is 3.44. The highest BCUT2D eigenvalue weighted by molar-refractivity contribution is 8.48.